The quantitative estimate of drug-likeness (QED) is 0.582. The van der Waals surface area contributed by atoms with Gasteiger partial charge in [-0.25, -0.2) is 0 Å². The molecular weight excluding hydrogens is 160 g/mol. The van der Waals surface area contributed by atoms with E-state index in [2.05, 4.69) is 0 Å². The first-order valence-electron chi connectivity index (χ1n) is 3.81. The predicted molar refractivity (Wildman–Crippen MR) is 48.4 cm³/mol. The standard InChI is InChI=1S/C7H14N2OS/c1-10-6-3-2-4-9(5-6)7(8)11/h6H,2-5H2,1H3,(H2,8,11). The lowest BCUT2D eigenvalue weighted by Gasteiger charge is -2.32. The first-order chi connectivity index (χ1) is 5.24. The summed E-state index contributed by atoms with van der Waals surface area (Å²) < 4.78 is 5.21. The molecule has 1 rings (SSSR count). The number of piperidine rings is 1. The highest BCUT2D eigenvalue weighted by atomic mass is 32.1. The highest BCUT2D eigenvalue weighted by molar-refractivity contribution is 7.80. The largest absolute Gasteiger partial charge is 0.380 e. The Labute approximate surface area is 72.5 Å². The molecule has 1 heterocycles. The molecule has 3 nitrogen and oxygen atoms in total. The molecule has 0 bridgehead atoms. The van der Waals surface area contributed by atoms with Gasteiger partial charge in [0, 0.05) is 20.2 Å². The van der Waals surface area contributed by atoms with Crippen LogP contribution in [0.25, 0.3) is 0 Å². The second-order valence-electron chi connectivity index (χ2n) is 2.78. The van der Waals surface area contributed by atoms with E-state index in [1.807, 2.05) is 4.90 Å². The van der Waals surface area contributed by atoms with Crippen LogP contribution in [0.1, 0.15) is 12.8 Å². The molecule has 0 aromatic rings. The van der Waals surface area contributed by atoms with Crippen molar-refractivity contribution in [3.63, 3.8) is 0 Å². The third-order valence-corrected chi connectivity index (χ3v) is 2.28. The lowest BCUT2D eigenvalue weighted by molar-refractivity contribution is 0.0540. The Morgan fingerprint density at radius 2 is 2.45 bits per heavy atom. The number of thiocarbonyl (C=S) groups is 1. The molecule has 1 saturated heterocycles. The van der Waals surface area contributed by atoms with Crippen molar-refractivity contribution in [2.24, 2.45) is 5.73 Å². The molecule has 0 aliphatic carbocycles. The maximum Gasteiger partial charge on any atom is 0.166 e. The maximum atomic E-state index is 5.49. The van der Waals surface area contributed by atoms with Crippen LogP contribution in [0.4, 0.5) is 0 Å². The smallest absolute Gasteiger partial charge is 0.166 e. The van der Waals surface area contributed by atoms with E-state index in [9.17, 15) is 0 Å². The number of hydrogen-bond acceptors (Lipinski definition) is 2. The Bertz CT molecular complexity index is 151. The number of rotatable bonds is 1. The van der Waals surface area contributed by atoms with Crippen LogP contribution in [0.2, 0.25) is 0 Å². The highest BCUT2D eigenvalue weighted by Crippen LogP contribution is 2.11. The summed E-state index contributed by atoms with van der Waals surface area (Å²) in [5.74, 6) is 0. The zero-order valence-electron chi connectivity index (χ0n) is 6.75. The minimum Gasteiger partial charge on any atom is -0.380 e. The zero-order chi connectivity index (χ0) is 8.27. The fraction of sp³-hybridized carbons (Fsp3) is 0.857. The molecule has 0 amide bonds. The molecule has 1 atom stereocenters. The fourth-order valence-corrected chi connectivity index (χ4v) is 1.50. The summed E-state index contributed by atoms with van der Waals surface area (Å²) >= 11 is 4.86. The monoisotopic (exact) mass is 174 g/mol. The van der Waals surface area contributed by atoms with Crippen molar-refractivity contribution >= 4 is 17.3 Å². The minimum atomic E-state index is 0.310. The normalized spacial score (nSPS) is 25.2. The minimum absolute atomic E-state index is 0.310. The summed E-state index contributed by atoms with van der Waals surface area (Å²) in [6.07, 6.45) is 2.55. The second-order valence-corrected chi connectivity index (χ2v) is 3.20. The van der Waals surface area contributed by atoms with Gasteiger partial charge in [-0.05, 0) is 25.1 Å². The topological polar surface area (TPSA) is 38.5 Å². The molecule has 11 heavy (non-hydrogen) atoms. The number of nitrogens with two attached hydrogens (primary N) is 1. The Hall–Kier alpha value is -0.350. The van der Waals surface area contributed by atoms with Crippen molar-refractivity contribution in [3.05, 3.63) is 0 Å². The summed E-state index contributed by atoms with van der Waals surface area (Å²) in [4.78, 5) is 1.99. The summed E-state index contributed by atoms with van der Waals surface area (Å²) in [6, 6.07) is 0. The fourth-order valence-electron chi connectivity index (χ4n) is 1.33. The van der Waals surface area contributed by atoms with Crippen LogP contribution in [-0.4, -0.2) is 36.3 Å². The van der Waals surface area contributed by atoms with Crippen molar-refractivity contribution in [1.29, 1.82) is 0 Å². The van der Waals surface area contributed by atoms with Crippen LogP contribution in [-0.2, 0) is 4.74 Å². The molecule has 2 N–H and O–H groups in total. The average Bonchev–Trinajstić information content (AvgIpc) is 2.05. The summed E-state index contributed by atoms with van der Waals surface area (Å²) in [5, 5.41) is 0.492. The molecule has 1 aliphatic rings. The van der Waals surface area contributed by atoms with Crippen LogP contribution in [0.3, 0.4) is 0 Å². The van der Waals surface area contributed by atoms with Gasteiger partial charge in [-0.15, -0.1) is 0 Å². The Morgan fingerprint density at radius 1 is 1.73 bits per heavy atom. The van der Waals surface area contributed by atoms with Crippen LogP contribution in [0.15, 0.2) is 0 Å². The van der Waals surface area contributed by atoms with E-state index in [0.717, 1.165) is 25.9 Å². The number of methoxy groups -OCH3 is 1. The van der Waals surface area contributed by atoms with E-state index in [1.54, 1.807) is 7.11 Å². The molecule has 1 fully saturated rings. The van der Waals surface area contributed by atoms with E-state index in [0.29, 0.717) is 11.2 Å². The maximum absolute atomic E-state index is 5.49. The van der Waals surface area contributed by atoms with Gasteiger partial charge in [-0.1, -0.05) is 0 Å². The number of nitrogens with zero attached hydrogens (tertiary/aromatic N) is 1. The molecule has 64 valence electrons. The number of ether oxygens (including phenoxy) is 1. The van der Waals surface area contributed by atoms with Crippen molar-refractivity contribution in [3.8, 4) is 0 Å². The molecule has 0 aromatic carbocycles. The third kappa shape index (κ3) is 2.31. The van der Waals surface area contributed by atoms with Crippen LogP contribution in [0.5, 0.6) is 0 Å². The Kier molecular flexibility index (Phi) is 3.08. The first kappa shape index (κ1) is 8.74. The van der Waals surface area contributed by atoms with Gasteiger partial charge in [0.15, 0.2) is 5.11 Å². The van der Waals surface area contributed by atoms with Crippen LogP contribution in [0, 0.1) is 0 Å². The highest BCUT2D eigenvalue weighted by Gasteiger charge is 2.19. The van der Waals surface area contributed by atoms with Crippen molar-refractivity contribution < 1.29 is 4.74 Å². The zero-order valence-corrected chi connectivity index (χ0v) is 7.56. The molecule has 0 spiro atoms. The van der Waals surface area contributed by atoms with Crippen LogP contribution >= 0.6 is 12.2 Å². The molecule has 1 unspecified atom stereocenters. The summed E-state index contributed by atoms with van der Waals surface area (Å²) in [7, 11) is 1.73. The van der Waals surface area contributed by atoms with Gasteiger partial charge in [-0.2, -0.15) is 0 Å². The molecule has 0 radical (unpaired) electrons. The summed E-state index contributed by atoms with van der Waals surface area (Å²) in [5.41, 5.74) is 5.49. The number of hydrogen-bond donors (Lipinski definition) is 1. The molecule has 0 aromatic heterocycles. The lowest BCUT2D eigenvalue weighted by atomic mass is 10.1. The van der Waals surface area contributed by atoms with Gasteiger partial charge in [0.25, 0.3) is 0 Å². The van der Waals surface area contributed by atoms with Gasteiger partial charge in [0.05, 0.1) is 6.10 Å². The van der Waals surface area contributed by atoms with Gasteiger partial charge in [0.1, 0.15) is 0 Å². The lowest BCUT2D eigenvalue weighted by Crippen LogP contribution is -2.45. The van der Waals surface area contributed by atoms with Gasteiger partial charge >= 0.3 is 0 Å². The molecule has 0 saturated carbocycles. The van der Waals surface area contributed by atoms with E-state index < -0.39 is 0 Å². The van der Waals surface area contributed by atoms with Gasteiger partial charge in [-0.3, -0.25) is 0 Å². The van der Waals surface area contributed by atoms with Gasteiger partial charge in [0.2, 0.25) is 0 Å². The van der Waals surface area contributed by atoms with E-state index in [1.165, 1.54) is 0 Å². The van der Waals surface area contributed by atoms with E-state index in [-0.39, 0.29) is 0 Å². The Balaban J connectivity index is 2.39. The molecular formula is C7H14N2OS. The SMILES string of the molecule is COC1CCCN(C(N)=S)C1. The average molecular weight is 174 g/mol. The predicted octanol–water partition coefficient (Wildman–Crippen LogP) is 0.341. The number of likely N-dealkylation sites (tertiary alicyclic amines) is 1. The van der Waals surface area contributed by atoms with Crippen LogP contribution < -0.4 is 5.73 Å². The van der Waals surface area contributed by atoms with Crippen molar-refractivity contribution in [2.45, 2.75) is 18.9 Å². The molecule has 4 heteroatoms. The molecule has 1 aliphatic heterocycles. The Morgan fingerprint density at radius 3 is 3.00 bits per heavy atom. The first-order valence-corrected chi connectivity index (χ1v) is 4.22. The van der Waals surface area contributed by atoms with Crippen molar-refractivity contribution in [2.75, 3.05) is 20.2 Å². The van der Waals surface area contributed by atoms with Gasteiger partial charge < -0.3 is 15.4 Å². The third-order valence-electron chi connectivity index (χ3n) is 2.02. The van der Waals surface area contributed by atoms with E-state index >= 15 is 0 Å². The summed E-state index contributed by atoms with van der Waals surface area (Å²) in [6.45, 7) is 1.83. The van der Waals surface area contributed by atoms with E-state index in [4.69, 9.17) is 22.7 Å². The second kappa shape index (κ2) is 3.88. The van der Waals surface area contributed by atoms with Crippen molar-refractivity contribution in [1.82, 2.24) is 4.90 Å².